The second-order valence-corrected chi connectivity index (χ2v) is 5.83. The lowest BCUT2D eigenvalue weighted by molar-refractivity contribution is 0.175. The number of allylic oxidation sites excluding steroid dienone is 2. The maximum atomic E-state index is 9.85. The fourth-order valence-corrected chi connectivity index (χ4v) is 2.13. The Morgan fingerprint density at radius 3 is 2.40 bits per heavy atom. The fraction of sp³-hybridized carbons (Fsp3) is 0.778. The van der Waals surface area contributed by atoms with Crippen molar-refractivity contribution >= 4 is 11.6 Å². The van der Waals surface area contributed by atoms with Crippen LogP contribution in [0, 0.1) is 11.8 Å². The number of unbranched alkanes of at least 4 members (excludes halogenated alkanes) is 6. The van der Waals surface area contributed by atoms with Crippen molar-refractivity contribution < 1.29 is 5.11 Å². The van der Waals surface area contributed by atoms with E-state index < -0.39 is 6.10 Å². The highest BCUT2D eigenvalue weighted by Crippen LogP contribution is 2.12. The molecular weight excluding hydrogens is 268 g/mol. The van der Waals surface area contributed by atoms with E-state index in [1.165, 1.54) is 38.5 Å². The normalized spacial score (nSPS) is 14.0. The molecule has 0 radical (unpaired) electrons. The molecule has 0 bridgehead atoms. The Hall–Kier alpha value is -0.450. The van der Waals surface area contributed by atoms with Crippen LogP contribution in [0.5, 0.6) is 0 Å². The van der Waals surface area contributed by atoms with Crippen molar-refractivity contribution in [2.24, 2.45) is 0 Å². The van der Waals surface area contributed by atoms with Crippen LogP contribution < -0.4 is 0 Å². The first kappa shape index (κ1) is 19.6. The second-order valence-electron chi connectivity index (χ2n) is 5.27. The largest absolute Gasteiger partial charge is 0.391 e. The minimum Gasteiger partial charge on any atom is -0.391 e. The standard InChI is InChI=1S/C18H31ClO/c1-3-5-7-8-9-10-11-12-14-16-18(20)17(19)15-13-6-4-2/h6,13,17-18,20H,3-5,7-11,15-16H2,1-2H3/b13-6-/t17-,18-/m0/s1. The van der Waals surface area contributed by atoms with Crippen LogP contribution >= 0.6 is 11.6 Å². The van der Waals surface area contributed by atoms with E-state index in [1.54, 1.807) is 0 Å². The quantitative estimate of drug-likeness (QED) is 0.232. The van der Waals surface area contributed by atoms with Crippen LogP contribution in [0.3, 0.4) is 0 Å². The molecule has 0 aliphatic heterocycles. The predicted molar refractivity (Wildman–Crippen MR) is 90.1 cm³/mol. The summed E-state index contributed by atoms with van der Waals surface area (Å²) in [4.78, 5) is 0. The van der Waals surface area contributed by atoms with Gasteiger partial charge in [0.05, 0.1) is 11.5 Å². The Labute approximate surface area is 130 Å². The molecule has 0 saturated carbocycles. The van der Waals surface area contributed by atoms with Crippen molar-refractivity contribution in [3.8, 4) is 11.8 Å². The van der Waals surface area contributed by atoms with Crippen molar-refractivity contribution in [2.75, 3.05) is 0 Å². The first-order valence-electron chi connectivity index (χ1n) is 8.15. The summed E-state index contributed by atoms with van der Waals surface area (Å²) in [7, 11) is 0. The van der Waals surface area contributed by atoms with Gasteiger partial charge in [-0.3, -0.25) is 0 Å². The summed E-state index contributed by atoms with van der Waals surface area (Å²) >= 11 is 6.11. The highest BCUT2D eigenvalue weighted by atomic mass is 35.5. The zero-order chi connectivity index (χ0) is 15.1. The van der Waals surface area contributed by atoms with Crippen molar-refractivity contribution in [1.29, 1.82) is 0 Å². The van der Waals surface area contributed by atoms with Crippen LogP contribution in [0.15, 0.2) is 12.2 Å². The summed E-state index contributed by atoms with van der Waals surface area (Å²) in [5.41, 5.74) is 0. The number of halogens is 1. The van der Waals surface area contributed by atoms with Crippen molar-refractivity contribution in [3.63, 3.8) is 0 Å². The molecule has 2 atom stereocenters. The minimum absolute atomic E-state index is 0.221. The third kappa shape index (κ3) is 12.6. The Morgan fingerprint density at radius 2 is 1.70 bits per heavy atom. The minimum atomic E-state index is -0.518. The third-order valence-corrected chi connectivity index (χ3v) is 3.74. The van der Waals surface area contributed by atoms with Crippen LogP contribution in [-0.2, 0) is 0 Å². The SMILES string of the molecule is CC/C=C\C[C@H](Cl)[C@@H](O)CC#CCCCCCCCC. The molecule has 2 heteroatoms. The number of aliphatic hydroxyl groups is 1. The molecule has 0 aromatic heterocycles. The third-order valence-electron chi connectivity index (χ3n) is 3.27. The van der Waals surface area contributed by atoms with Gasteiger partial charge in [0.2, 0.25) is 0 Å². The Kier molecular flexibility index (Phi) is 14.6. The van der Waals surface area contributed by atoms with Crippen LogP contribution in [0.4, 0.5) is 0 Å². The number of hydrogen-bond acceptors (Lipinski definition) is 1. The van der Waals surface area contributed by atoms with Gasteiger partial charge >= 0.3 is 0 Å². The molecule has 0 unspecified atom stereocenters. The molecule has 0 rings (SSSR count). The van der Waals surface area contributed by atoms with Gasteiger partial charge < -0.3 is 5.11 Å². The number of rotatable bonds is 11. The van der Waals surface area contributed by atoms with E-state index in [-0.39, 0.29) is 5.38 Å². The molecule has 0 aliphatic rings. The molecule has 0 fully saturated rings. The van der Waals surface area contributed by atoms with Crippen LogP contribution in [-0.4, -0.2) is 16.6 Å². The molecule has 0 amide bonds. The summed E-state index contributed by atoms with van der Waals surface area (Å²) in [6, 6.07) is 0. The van der Waals surface area contributed by atoms with E-state index in [9.17, 15) is 5.11 Å². The summed E-state index contributed by atoms with van der Waals surface area (Å²) in [6.07, 6.45) is 14.5. The molecule has 0 spiro atoms. The summed E-state index contributed by atoms with van der Waals surface area (Å²) in [5.74, 6) is 6.19. The lowest BCUT2D eigenvalue weighted by atomic mass is 10.1. The average molecular weight is 299 g/mol. The highest BCUT2D eigenvalue weighted by molar-refractivity contribution is 6.21. The van der Waals surface area contributed by atoms with E-state index in [1.807, 2.05) is 6.08 Å². The monoisotopic (exact) mass is 298 g/mol. The zero-order valence-corrected chi connectivity index (χ0v) is 14.0. The van der Waals surface area contributed by atoms with Crippen molar-refractivity contribution in [2.45, 2.75) is 89.5 Å². The van der Waals surface area contributed by atoms with E-state index in [0.717, 1.165) is 19.3 Å². The Balaban J connectivity index is 3.56. The Morgan fingerprint density at radius 1 is 1.00 bits per heavy atom. The van der Waals surface area contributed by atoms with Gasteiger partial charge in [-0.2, -0.15) is 0 Å². The maximum Gasteiger partial charge on any atom is 0.0815 e. The van der Waals surface area contributed by atoms with Gasteiger partial charge in [-0.15, -0.1) is 23.4 Å². The van der Waals surface area contributed by atoms with Crippen molar-refractivity contribution in [3.05, 3.63) is 12.2 Å². The first-order valence-corrected chi connectivity index (χ1v) is 8.58. The van der Waals surface area contributed by atoms with E-state index >= 15 is 0 Å². The molecule has 20 heavy (non-hydrogen) atoms. The number of aliphatic hydroxyl groups excluding tert-OH is 1. The molecule has 1 nitrogen and oxygen atoms in total. The molecule has 0 aromatic carbocycles. The van der Waals surface area contributed by atoms with Gasteiger partial charge in [-0.1, -0.05) is 58.1 Å². The number of alkyl halides is 1. The fourth-order valence-electron chi connectivity index (χ4n) is 1.94. The van der Waals surface area contributed by atoms with Crippen LogP contribution in [0.25, 0.3) is 0 Å². The molecule has 0 heterocycles. The average Bonchev–Trinajstić information content (AvgIpc) is 2.45. The van der Waals surface area contributed by atoms with Gasteiger partial charge in [0.15, 0.2) is 0 Å². The van der Waals surface area contributed by atoms with Crippen molar-refractivity contribution in [1.82, 2.24) is 0 Å². The summed E-state index contributed by atoms with van der Waals surface area (Å²) in [5, 5.41) is 9.63. The number of hydrogen-bond donors (Lipinski definition) is 1. The van der Waals surface area contributed by atoms with Gasteiger partial charge in [-0.05, 0) is 19.3 Å². The molecular formula is C18H31ClO. The maximum absolute atomic E-state index is 9.85. The van der Waals surface area contributed by atoms with E-state index in [0.29, 0.717) is 6.42 Å². The van der Waals surface area contributed by atoms with Gasteiger partial charge in [-0.25, -0.2) is 0 Å². The Bertz CT molecular complexity index is 288. The molecule has 0 saturated heterocycles. The predicted octanol–water partition coefficient (Wildman–Crippen LogP) is 5.46. The van der Waals surface area contributed by atoms with Crippen LogP contribution in [0.1, 0.15) is 78.1 Å². The van der Waals surface area contributed by atoms with Gasteiger partial charge in [0, 0.05) is 12.8 Å². The summed E-state index contributed by atoms with van der Waals surface area (Å²) in [6.45, 7) is 4.32. The topological polar surface area (TPSA) is 20.2 Å². The van der Waals surface area contributed by atoms with E-state index in [2.05, 4.69) is 31.8 Å². The first-order chi connectivity index (χ1) is 9.72. The molecule has 0 aromatic rings. The smallest absolute Gasteiger partial charge is 0.0815 e. The molecule has 116 valence electrons. The van der Waals surface area contributed by atoms with Gasteiger partial charge in [0.1, 0.15) is 0 Å². The molecule has 1 N–H and O–H groups in total. The second kappa shape index (κ2) is 14.9. The zero-order valence-electron chi connectivity index (χ0n) is 13.2. The molecule has 0 aliphatic carbocycles. The lowest BCUT2D eigenvalue weighted by Gasteiger charge is -2.12. The lowest BCUT2D eigenvalue weighted by Crippen LogP contribution is -2.19. The summed E-state index contributed by atoms with van der Waals surface area (Å²) < 4.78 is 0. The van der Waals surface area contributed by atoms with Gasteiger partial charge in [0.25, 0.3) is 0 Å². The highest BCUT2D eigenvalue weighted by Gasteiger charge is 2.13. The van der Waals surface area contributed by atoms with E-state index in [4.69, 9.17) is 11.6 Å². The van der Waals surface area contributed by atoms with Crippen LogP contribution in [0.2, 0.25) is 0 Å².